The maximum Gasteiger partial charge on any atom is 0.247 e. The summed E-state index contributed by atoms with van der Waals surface area (Å²) in [7, 11) is 0. The molecular formula is C17H26N4O. The van der Waals surface area contributed by atoms with E-state index in [9.17, 15) is 4.79 Å². The fourth-order valence-electron chi connectivity index (χ4n) is 4.50. The van der Waals surface area contributed by atoms with Gasteiger partial charge in [0.25, 0.3) is 0 Å². The molecule has 1 saturated heterocycles. The van der Waals surface area contributed by atoms with Crippen LogP contribution in [0.25, 0.3) is 0 Å². The van der Waals surface area contributed by atoms with E-state index in [1.54, 1.807) is 4.68 Å². The van der Waals surface area contributed by atoms with Crippen LogP contribution >= 0.6 is 0 Å². The van der Waals surface area contributed by atoms with E-state index in [4.69, 9.17) is 0 Å². The number of nitrogens with zero attached hydrogens (tertiary/aromatic N) is 4. The summed E-state index contributed by atoms with van der Waals surface area (Å²) in [6, 6.07) is 0.124. The molecule has 4 rings (SSSR count). The standard InChI is InChI=1S/C17H26N4O/c1-12-9-17(7-3-4-8-17)11-20(12)16(22)13(2)21-10-15(18-19-21)14-5-6-14/h10,12-14H,3-9,11H2,1-2H3. The third-order valence-electron chi connectivity index (χ3n) is 5.99. The van der Waals surface area contributed by atoms with Crippen LogP contribution in [0.5, 0.6) is 0 Å². The highest BCUT2D eigenvalue weighted by molar-refractivity contribution is 5.80. The summed E-state index contributed by atoms with van der Waals surface area (Å²) in [5, 5.41) is 8.44. The molecule has 5 nitrogen and oxygen atoms in total. The Morgan fingerprint density at radius 3 is 2.77 bits per heavy atom. The number of likely N-dealkylation sites (tertiary alicyclic amines) is 1. The minimum atomic E-state index is -0.237. The Labute approximate surface area is 132 Å². The second kappa shape index (κ2) is 5.07. The van der Waals surface area contributed by atoms with Crippen LogP contribution in [0.4, 0.5) is 0 Å². The molecule has 2 aliphatic carbocycles. The summed E-state index contributed by atoms with van der Waals surface area (Å²) in [5.41, 5.74) is 1.47. The van der Waals surface area contributed by atoms with E-state index >= 15 is 0 Å². The summed E-state index contributed by atoms with van der Waals surface area (Å²) in [4.78, 5) is 15.0. The SMILES string of the molecule is CC1CC2(CCCC2)CN1C(=O)C(C)n1cc(C2CC2)nn1. The summed E-state index contributed by atoms with van der Waals surface area (Å²) in [6.07, 6.45) is 10.8. The van der Waals surface area contributed by atoms with Gasteiger partial charge in [-0.1, -0.05) is 18.1 Å². The molecule has 1 aromatic heterocycles. The number of hydrogen-bond acceptors (Lipinski definition) is 3. The quantitative estimate of drug-likeness (QED) is 0.862. The first-order valence-electron chi connectivity index (χ1n) is 8.80. The van der Waals surface area contributed by atoms with Crippen LogP contribution in [0, 0.1) is 5.41 Å². The van der Waals surface area contributed by atoms with Crippen molar-refractivity contribution in [2.24, 2.45) is 5.41 Å². The Morgan fingerprint density at radius 2 is 2.09 bits per heavy atom. The summed E-state index contributed by atoms with van der Waals surface area (Å²) in [5.74, 6) is 0.798. The summed E-state index contributed by atoms with van der Waals surface area (Å²) in [6.45, 7) is 5.11. The molecule has 2 saturated carbocycles. The molecule has 2 unspecified atom stereocenters. The topological polar surface area (TPSA) is 51.0 Å². The normalized spacial score (nSPS) is 28.5. The van der Waals surface area contributed by atoms with Crippen molar-refractivity contribution in [1.29, 1.82) is 0 Å². The van der Waals surface area contributed by atoms with Crippen LogP contribution < -0.4 is 0 Å². The second-order valence-electron chi connectivity index (χ2n) is 7.80. The zero-order valence-corrected chi connectivity index (χ0v) is 13.7. The number of rotatable bonds is 3. The van der Waals surface area contributed by atoms with Crippen LogP contribution in [0.3, 0.4) is 0 Å². The van der Waals surface area contributed by atoms with E-state index in [0.717, 1.165) is 12.2 Å². The summed E-state index contributed by atoms with van der Waals surface area (Å²) < 4.78 is 1.77. The molecule has 1 spiro atoms. The molecule has 2 atom stereocenters. The van der Waals surface area contributed by atoms with Gasteiger partial charge in [0.15, 0.2) is 0 Å². The molecule has 0 N–H and O–H groups in total. The van der Waals surface area contributed by atoms with Gasteiger partial charge in [-0.3, -0.25) is 4.79 Å². The Kier molecular flexibility index (Phi) is 3.27. The molecule has 1 aromatic rings. The maximum absolute atomic E-state index is 12.9. The first kappa shape index (κ1) is 14.2. The molecule has 5 heteroatoms. The molecule has 3 fully saturated rings. The monoisotopic (exact) mass is 302 g/mol. The van der Waals surface area contributed by atoms with Gasteiger partial charge in [0.2, 0.25) is 5.91 Å². The Morgan fingerprint density at radius 1 is 1.36 bits per heavy atom. The second-order valence-corrected chi connectivity index (χ2v) is 7.80. The molecule has 3 aliphatic rings. The van der Waals surface area contributed by atoms with Crippen LogP contribution in [-0.2, 0) is 4.79 Å². The fourth-order valence-corrected chi connectivity index (χ4v) is 4.50. The third kappa shape index (κ3) is 2.34. The number of carbonyl (C=O) groups is 1. The van der Waals surface area contributed by atoms with E-state index in [0.29, 0.717) is 17.4 Å². The van der Waals surface area contributed by atoms with Crippen molar-refractivity contribution in [3.63, 3.8) is 0 Å². The molecule has 22 heavy (non-hydrogen) atoms. The average Bonchev–Trinajstić information content (AvgIpc) is 2.96. The predicted molar refractivity (Wildman–Crippen MR) is 83.4 cm³/mol. The van der Waals surface area contributed by atoms with Crippen molar-refractivity contribution in [2.75, 3.05) is 6.54 Å². The van der Waals surface area contributed by atoms with Crippen molar-refractivity contribution in [2.45, 2.75) is 76.8 Å². The van der Waals surface area contributed by atoms with Crippen molar-refractivity contribution >= 4 is 5.91 Å². The van der Waals surface area contributed by atoms with Gasteiger partial charge in [0.05, 0.1) is 5.69 Å². The fraction of sp³-hybridized carbons (Fsp3) is 0.824. The van der Waals surface area contributed by atoms with Crippen molar-refractivity contribution in [3.05, 3.63) is 11.9 Å². The maximum atomic E-state index is 12.9. The van der Waals surface area contributed by atoms with E-state index in [-0.39, 0.29) is 11.9 Å². The Bertz CT molecular complexity index is 571. The smallest absolute Gasteiger partial charge is 0.247 e. The van der Waals surface area contributed by atoms with E-state index < -0.39 is 0 Å². The van der Waals surface area contributed by atoms with Crippen LogP contribution in [0.1, 0.15) is 76.4 Å². The lowest BCUT2D eigenvalue weighted by molar-refractivity contribution is -0.135. The molecule has 1 aliphatic heterocycles. The number of amides is 1. The van der Waals surface area contributed by atoms with Crippen LogP contribution in [-0.4, -0.2) is 38.4 Å². The highest BCUT2D eigenvalue weighted by Crippen LogP contribution is 2.48. The highest BCUT2D eigenvalue weighted by atomic mass is 16.2. The summed E-state index contributed by atoms with van der Waals surface area (Å²) >= 11 is 0. The van der Waals surface area contributed by atoms with Gasteiger partial charge in [0.1, 0.15) is 6.04 Å². The molecule has 120 valence electrons. The zero-order chi connectivity index (χ0) is 15.3. The molecule has 0 radical (unpaired) electrons. The van der Waals surface area contributed by atoms with E-state index in [1.165, 1.54) is 44.9 Å². The highest BCUT2D eigenvalue weighted by Gasteiger charge is 2.46. The first-order valence-corrected chi connectivity index (χ1v) is 8.80. The van der Waals surface area contributed by atoms with E-state index in [2.05, 4.69) is 22.1 Å². The van der Waals surface area contributed by atoms with Gasteiger partial charge in [-0.15, -0.1) is 5.10 Å². The lowest BCUT2D eigenvalue weighted by Gasteiger charge is -2.26. The minimum absolute atomic E-state index is 0.212. The van der Waals surface area contributed by atoms with Gasteiger partial charge in [0, 0.05) is 24.7 Å². The average molecular weight is 302 g/mol. The van der Waals surface area contributed by atoms with Crippen LogP contribution in [0.2, 0.25) is 0 Å². The molecule has 1 amide bonds. The van der Waals surface area contributed by atoms with Crippen LogP contribution in [0.15, 0.2) is 6.20 Å². The largest absolute Gasteiger partial charge is 0.338 e. The minimum Gasteiger partial charge on any atom is -0.338 e. The van der Waals surface area contributed by atoms with Gasteiger partial charge >= 0.3 is 0 Å². The molecule has 2 heterocycles. The van der Waals surface area contributed by atoms with Crippen molar-refractivity contribution < 1.29 is 4.79 Å². The molecular weight excluding hydrogens is 276 g/mol. The Balaban J connectivity index is 1.48. The molecule has 0 bridgehead atoms. The predicted octanol–water partition coefficient (Wildman–Crippen LogP) is 2.90. The van der Waals surface area contributed by atoms with Gasteiger partial charge in [-0.25, -0.2) is 4.68 Å². The zero-order valence-electron chi connectivity index (χ0n) is 13.7. The lowest BCUT2D eigenvalue weighted by atomic mass is 9.84. The lowest BCUT2D eigenvalue weighted by Crippen LogP contribution is -2.39. The van der Waals surface area contributed by atoms with Crippen molar-refractivity contribution in [1.82, 2.24) is 19.9 Å². The number of hydrogen-bond donors (Lipinski definition) is 0. The number of aromatic nitrogens is 3. The Hall–Kier alpha value is -1.39. The van der Waals surface area contributed by atoms with Gasteiger partial charge < -0.3 is 4.90 Å². The first-order chi connectivity index (χ1) is 10.6. The third-order valence-corrected chi connectivity index (χ3v) is 5.99. The van der Waals surface area contributed by atoms with Gasteiger partial charge in [-0.05, 0) is 51.4 Å². The van der Waals surface area contributed by atoms with Crippen molar-refractivity contribution in [3.8, 4) is 0 Å². The van der Waals surface area contributed by atoms with E-state index in [1.807, 2.05) is 13.1 Å². The van der Waals surface area contributed by atoms with Gasteiger partial charge in [-0.2, -0.15) is 0 Å². The molecule has 0 aromatic carbocycles. The number of carbonyl (C=O) groups excluding carboxylic acids is 1.